The third-order valence-electron chi connectivity index (χ3n) is 12.2. The van der Waals surface area contributed by atoms with Crippen LogP contribution in [-0.4, -0.2) is 140 Å². The average molecular weight is 938 g/mol. The number of carbonyl (C=O) groups excluding carboxylic acids is 1. The molecule has 66 heavy (non-hydrogen) atoms. The Kier molecular flexibility index (Phi) is 34.9. The van der Waals surface area contributed by atoms with Gasteiger partial charge in [0.2, 0.25) is 5.91 Å². The molecule has 0 spiro atoms. The van der Waals surface area contributed by atoms with Crippen LogP contribution in [0.5, 0.6) is 0 Å². The number of aliphatic hydroxyl groups excluding tert-OH is 8. The van der Waals surface area contributed by atoms with Crippen molar-refractivity contribution in [1.82, 2.24) is 5.32 Å². The molecule has 2 aliphatic heterocycles. The molecular formula is C52H91NO13. The number of aliphatic hydroxyl groups is 8. The first-order valence-electron chi connectivity index (χ1n) is 25.5. The van der Waals surface area contributed by atoms with Crippen molar-refractivity contribution >= 4 is 5.91 Å². The van der Waals surface area contributed by atoms with Crippen molar-refractivity contribution in [2.45, 2.75) is 242 Å². The standard InChI is InChI=1S/C52H91NO13/c1-3-5-7-9-11-12-13-14-15-16-17-18-19-20-21-22-23-24-25-26-27-28-30-32-34-36-44(57)53-40(41(56)35-33-31-29-10-8-6-4-2)39-63-51-49(62)47(60)50(43(38-55)65-51)66-52-48(61)46(59)45(58)42(37-54)64-52/h5,7,11-12,14-15,17-18,20-21,40-43,45-52,54-56,58-62H,3-4,6,8-10,13,16,19,22-39H2,1-2H3,(H,53,57)/b7-5-,12-11-,15-14-,18-17-,21-20-. The van der Waals surface area contributed by atoms with Gasteiger partial charge in [0.05, 0.1) is 32.0 Å². The van der Waals surface area contributed by atoms with Gasteiger partial charge in [-0.3, -0.25) is 4.79 Å². The second-order valence-corrected chi connectivity index (χ2v) is 17.9. The van der Waals surface area contributed by atoms with E-state index in [0.717, 1.165) is 89.9 Å². The molecule has 2 fully saturated rings. The lowest BCUT2D eigenvalue weighted by Gasteiger charge is -2.46. The molecule has 14 heteroatoms. The molecule has 14 nitrogen and oxygen atoms in total. The molecule has 0 aromatic carbocycles. The normalized spacial score (nSPS) is 27.3. The molecule has 0 saturated carbocycles. The Hall–Kier alpha value is -2.31. The van der Waals surface area contributed by atoms with Crippen molar-refractivity contribution in [2.24, 2.45) is 0 Å². The molecule has 0 aliphatic carbocycles. The number of rotatable bonds is 38. The van der Waals surface area contributed by atoms with Gasteiger partial charge in [-0.25, -0.2) is 0 Å². The maximum Gasteiger partial charge on any atom is 0.220 e. The molecule has 2 heterocycles. The second kappa shape index (κ2) is 38.5. The number of carbonyl (C=O) groups is 1. The molecular weight excluding hydrogens is 847 g/mol. The third-order valence-corrected chi connectivity index (χ3v) is 12.2. The van der Waals surface area contributed by atoms with E-state index >= 15 is 0 Å². The van der Waals surface area contributed by atoms with Crippen molar-refractivity contribution in [3.8, 4) is 0 Å². The number of amides is 1. The Labute approximate surface area is 396 Å². The number of ether oxygens (including phenoxy) is 4. The summed E-state index contributed by atoms with van der Waals surface area (Å²) in [7, 11) is 0. The largest absolute Gasteiger partial charge is 0.394 e. The van der Waals surface area contributed by atoms with Gasteiger partial charge in [-0.1, -0.05) is 164 Å². The summed E-state index contributed by atoms with van der Waals surface area (Å²) < 4.78 is 22.7. The first kappa shape index (κ1) is 59.8. The maximum atomic E-state index is 13.1. The fourth-order valence-electron chi connectivity index (χ4n) is 8.09. The fraction of sp³-hybridized carbons (Fsp3) is 0.788. The van der Waals surface area contributed by atoms with Crippen molar-refractivity contribution in [3.05, 3.63) is 60.8 Å². The lowest BCUT2D eigenvalue weighted by Crippen LogP contribution is -2.65. The molecule has 0 bridgehead atoms. The van der Waals surface area contributed by atoms with Gasteiger partial charge in [0.25, 0.3) is 0 Å². The van der Waals surface area contributed by atoms with Crippen LogP contribution >= 0.6 is 0 Å². The van der Waals surface area contributed by atoms with Crippen molar-refractivity contribution in [2.75, 3.05) is 19.8 Å². The summed E-state index contributed by atoms with van der Waals surface area (Å²) in [6.45, 7) is 2.66. The van der Waals surface area contributed by atoms with E-state index in [4.69, 9.17) is 18.9 Å². The minimum atomic E-state index is -1.78. The number of allylic oxidation sites excluding steroid dienone is 10. The Morgan fingerprint density at radius 2 is 1.05 bits per heavy atom. The van der Waals surface area contributed by atoms with E-state index in [0.29, 0.717) is 19.3 Å². The highest BCUT2D eigenvalue weighted by molar-refractivity contribution is 5.76. The van der Waals surface area contributed by atoms with Crippen LogP contribution in [0, 0.1) is 0 Å². The first-order valence-corrected chi connectivity index (χ1v) is 25.5. The topological polar surface area (TPSA) is 228 Å². The Bertz CT molecular complexity index is 1340. The maximum absolute atomic E-state index is 13.1. The van der Waals surface area contributed by atoms with E-state index in [-0.39, 0.29) is 12.5 Å². The van der Waals surface area contributed by atoms with Gasteiger partial charge >= 0.3 is 0 Å². The van der Waals surface area contributed by atoms with Crippen LogP contribution < -0.4 is 5.32 Å². The van der Waals surface area contributed by atoms with Gasteiger partial charge < -0.3 is 65.1 Å². The third kappa shape index (κ3) is 25.3. The van der Waals surface area contributed by atoms with Crippen LogP contribution in [-0.2, 0) is 23.7 Å². The molecule has 12 atom stereocenters. The van der Waals surface area contributed by atoms with Gasteiger partial charge in [-0.2, -0.15) is 0 Å². The van der Waals surface area contributed by atoms with Crippen molar-refractivity contribution in [3.63, 3.8) is 0 Å². The highest BCUT2D eigenvalue weighted by Gasteiger charge is 2.51. The van der Waals surface area contributed by atoms with Gasteiger partial charge in [0, 0.05) is 6.42 Å². The molecule has 382 valence electrons. The molecule has 1 amide bonds. The summed E-state index contributed by atoms with van der Waals surface area (Å²) in [4.78, 5) is 13.1. The highest BCUT2D eigenvalue weighted by Crippen LogP contribution is 2.30. The number of nitrogens with one attached hydrogen (secondary N) is 1. The van der Waals surface area contributed by atoms with Gasteiger partial charge in [0.15, 0.2) is 12.6 Å². The zero-order valence-corrected chi connectivity index (χ0v) is 40.4. The van der Waals surface area contributed by atoms with E-state index in [9.17, 15) is 45.6 Å². The molecule has 0 aromatic heterocycles. The van der Waals surface area contributed by atoms with Crippen molar-refractivity contribution < 1.29 is 64.6 Å². The minimum absolute atomic E-state index is 0.221. The Morgan fingerprint density at radius 3 is 1.61 bits per heavy atom. The smallest absolute Gasteiger partial charge is 0.220 e. The monoisotopic (exact) mass is 938 g/mol. The lowest BCUT2D eigenvalue weighted by atomic mass is 9.97. The quantitative estimate of drug-likeness (QED) is 0.0234. The molecule has 2 rings (SSSR count). The predicted octanol–water partition coefficient (Wildman–Crippen LogP) is 6.66. The van der Waals surface area contributed by atoms with E-state index in [1.807, 2.05) is 0 Å². The number of hydrogen-bond acceptors (Lipinski definition) is 13. The summed E-state index contributed by atoms with van der Waals surface area (Å²) in [5.41, 5.74) is 0. The summed E-state index contributed by atoms with van der Waals surface area (Å²) in [6.07, 6.45) is 29.7. The fourth-order valence-corrected chi connectivity index (χ4v) is 8.09. The van der Waals surface area contributed by atoms with Crippen LogP contribution in [0.15, 0.2) is 60.8 Å². The Balaban J connectivity index is 1.71. The highest BCUT2D eigenvalue weighted by atomic mass is 16.7. The molecule has 2 aliphatic rings. The van der Waals surface area contributed by atoms with Gasteiger partial charge in [-0.05, 0) is 57.8 Å². The van der Waals surface area contributed by atoms with Gasteiger partial charge in [0.1, 0.15) is 48.8 Å². The van der Waals surface area contributed by atoms with E-state index < -0.39 is 86.8 Å². The van der Waals surface area contributed by atoms with E-state index in [1.54, 1.807) is 0 Å². The van der Waals surface area contributed by atoms with Crippen LogP contribution in [0.2, 0.25) is 0 Å². The van der Waals surface area contributed by atoms with Crippen LogP contribution in [0.3, 0.4) is 0 Å². The molecule has 2 saturated heterocycles. The zero-order valence-electron chi connectivity index (χ0n) is 40.4. The molecule has 12 unspecified atom stereocenters. The zero-order chi connectivity index (χ0) is 48.2. The summed E-state index contributed by atoms with van der Waals surface area (Å²) in [5, 5.41) is 86.6. The van der Waals surface area contributed by atoms with Crippen molar-refractivity contribution in [1.29, 1.82) is 0 Å². The number of unbranched alkanes of at least 4 members (excludes halogenated alkanes) is 15. The molecule has 0 radical (unpaired) electrons. The summed E-state index contributed by atoms with van der Waals surface area (Å²) >= 11 is 0. The molecule has 0 aromatic rings. The SMILES string of the molecule is CC/C=C\C/C=C\C/C=C\C/C=C\C/C=C\CCCCCCCCCCCC(=O)NC(COC1OC(CO)C(OC2OC(CO)C(O)C(O)C2O)C(O)C1O)C(O)CCCCCCCCC. The van der Waals surface area contributed by atoms with Crippen LogP contribution in [0.4, 0.5) is 0 Å². The minimum Gasteiger partial charge on any atom is -0.394 e. The first-order chi connectivity index (χ1) is 32.1. The molecule has 9 N–H and O–H groups in total. The second-order valence-electron chi connectivity index (χ2n) is 17.9. The number of hydrogen-bond donors (Lipinski definition) is 9. The summed E-state index contributed by atoms with van der Waals surface area (Å²) in [6, 6.07) is -0.831. The van der Waals surface area contributed by atoms with Gasteiger partial charge in [-0.15, -0.1) is 0 Å². The summed E-state index contributed by atoms with van der Waals surface area (Å²) in [5.74, 6) is -0.221. The van der Waals surface area contributed by atoms with Crippen LogP contribution in [0.1, 0.15) is 168 Å². The lowest BCUT2D eigenvalue weighted by molar-refractivity contribution is -0.359. The Morgan fingerprint density at radius 1 is 0.561 bits per heavy atom. The van der Waals surface area contributed by atoms with E-state index in [2.05, 4.69) is 79.9 Å². The van der Waals surface area contributed by atoms with E-state index in [1.165, 1.54) is 44.9 Å². The predicted molar refractivity (Wildman–Crippen MR) is 258 cm³/mol. The average Bonchev–Trinajstić information content (AvgIpc) is 3.31. The van der Waals surface area contributed by atoms with Crippen LogP contribution in [0.25, 0.3) is 0 Å².